The molecule has 194 valence electrons. The van der Waals surface area contributed by atoms with Gasteiger partial charge < -0.3 is 5.11 Å². The minimum atomic E-state index is -0.0579. The summed E-state index contributed by atoms with van der Waals surface area (Å²) in [4.78, 5) is 10.6. The van der Waals surface area contributed by atoms with Gasteiger partial charge in [0.25, 0.3) is 0 Å². The average molecular weight is 544 g/mol. The van der Waals surface area contributed by atoms with Crippen molar-refractivity contribution in [2.75, 3.05) is 0 Å². The van der Waals surface area contributed by atoms with E-state index >= 15 is 0 Å². The van der Waals surface area contributed by atoms with Gasteiger partial charge in [-0.05, 0) is 45.4 Å². The number of carbonyl (C=O) groups excluding carboxylic acids is 1. The molecule has 1 N–H and O–H groups in total. The van der Waals surface area contributed by atoms with Gasteiger partial charge in [0.05, 0.1) is 6.10 Å². The van der Waals surface area contributed by atoms with E-state index in [9.17, 15) is 4.79 Å². The summed E-state index contributed by atoms with van der Waals surface area (Å²) in [5.74, 6) is 1.44. The maximum atomic E-state index is 10.6. The number of ketones is 1. The topological polar surface area (TPSA) is 37.3 Å². The van der Waals surface area contributed by atoms with Crippen LogP contribution >= 0.6 is 13.5 Å². The van der Waals surface area contributed by atoms with Crippen LogP contribution in [0.4, 0.5) is 0 Å². The summed E-state index contributed by atoms with van der Waals surface area (Å²) in [5.41, 5.74) is 0. The smallest absolute Gasteiger partial charge is 0.132 e. The summed E-state index contributed by atoms with van der Waals surface area (Å²) in [6.07, 6.45) is 24.9. The van der Waals surface area contributed by atoms with Crippen LogP contribution in [0.2, 0.25) is 0 Å². The summed E-state index contributed by atoms with van der Waals surface area (Å²) in [6, 6.07) is 0. The number of hydrogen-bond donors (Lipinski definition) is 1. The zero-order valence-electron chi connectivity index (χ0n) is 19.0. The summed E-state index contributed by atoms with van der Waals surface area (Å²) in [7, 11) is 0. The predicted octanol–water partition coefficient (Wildman–Crippen LogP) is 8.60. The third-order valence-electron chi connectivity index (χ3n) is 6.51. The normalized spacial score (nSPS) is 20.1. The molecule has 0 amide bonds. The van der Waals surface area contributed by atoms with Crippen LogP contribution in [0, 0.1) is 11.8 Å². The molecular formula is C26H56Fe2O2S. The predicted molar refractivity (Wildman–Crippen MR) is 136 cm³/mol. The Bertz CT molecular complexity index is 309. The molecule has 0 unspecified atom stereocenters. The van der Waals surface area contributed by atoms with E-state index in [0.29, 0.717) is 17.6 Å². The Balaban J connectivity index is -0.0000000936. The molecule has 5 heteroatoms. The first kappa shape index (κ1) is 42.2. The SMILES string of the molecule is C.C.C1CCCC1.C1CCCC1.CC(=O)C1CCCC1.C[C@H](O)C1CCCC1.S.[Fe].[Fe]. The molecule has 0 saturated heterocycles. The zero-order valence-corrected chi connectivity index (χ0v) is 22.2. The van der Waals surface area contributed by atoms with Gasteiger partial charge in [-0.1, -0.05) is 105 Å². The second-order valence-corrected chi connectivity index (χ2v) is 8.91. The largest absolute Gasteiger partial charge is 0.393 e. The van der Waals surface area contributed by atoms with Gasteiger partial charge >= 0.3 is 0 Å². The number of carbonyl (C=O) groups is 1. The van der Waals surface area contributed by atoms with Crippen molar-refractivity contribution in [3.63, 3.8) is 0 Å². The number of aliphatic hydroxyl groups excluding tert-OH is 1. The molecule has 4 rings (SSSR count). The molecule has 0 aromatic heterocycles. The van der Waals surface area contributed by atoms with E-state index < -0.39 is 0 Å². The van der Waals surface area contributed by atoms with E-state index in [-0.39, 0.29) is 68.6 Å². The van der Waals surface area contributed by atoms with Crippen molar-refractivity contribution in [1.82, 2.24) is 0 Å². The van der Waals surface area contributed by atoms with Crippen LogP contribution in [0.15, 0.2) is 0 Å². The molecule has 4 aliphatic carbocycles. The first-order chi connectivity index (χ1) is 12.6. The Hall–Kier alpha value is 1.02. The minimum absolute atomic E-state index is 0. The molecule has 4 fully saturated rings. The number of aliphatic hydroxyl groups is 1. The summed E-state index contributed by atoms with van der Waals surface area (Å²) >= 11 is 0. The summed E-state index contributed by atoms with van der Waals surface area (Å²) in [5, 5.41) is 9.05. The van der Waals surface area contributed by atoms with Gasteiger partial charge in [0, 0.05) is 40.1 Å². The molecule has 0 radical (unpaired) electrons. The van der Waals surface area contributed by atoms with Crippen LogP contribution in [-0.4, -0.2) is 17.0 Å². The van der Waals surface area contributed by atoms with Crippen molar-refractivity contribution >= 4 is 19.3 Å². The molecule has 0 aromatic carbocycles. The van der Waals surface area contributed by atoms with Crippen LogP contribution in [0.1, 0.15) is 144 Å². The summed E-state index contributed by atoms with van der Waals surface area (Å²) in [6.45, 7) is 3.60. The van der Waals surface area contributed by atoms with Crippen LogP contribution < -0.4 is 0 Å². The van der Waals surface area contributed by atoms with Crippen LogP contribution in [0.5, 0.6) is 0 Å². The Kier molecular flexibility index (Phi) is 39.5. The molecule has 2 nitrogen and oxygen atoms in total. The van der Waals surface area contributed by atoms with Crippen molar-refractivity contribution in [2.45, 2.75) is 150 Å². The Morgan fingerprint density at radius 2 is 0.903 bits per heavy atom. The molecule has 0 bridgehead atoms. The summed E-state index contributed by atoms with van der Waals surface area (Å²) < 4.78 is 0. The molecule has 0 aliphatic heterocycles. The Morgan fingerprint density at radius 1 is 0.645 bits per heavy atom. The van der Waals surface area contributed by atoms with Crippen molar-refractivity contribution in [2.24, 2.45) is 11.8 Å². The van der Waals surface area contributed by atoms with Gasteiger partial charge in [-0.25, -0.2) is 0 Å². The minimum Gasteiger partial charge on any atom is -0.393 e. The molecule has 0 spiro atoms. The van der Waals surface area contributed by atoms with Gasteiger partial charge in [0.2, 0.25) is 0 Å². The van der Waals surface area contributed by atoms with Crippen molar-refractivity contribution < 1.29 is 44.0 Å². The first-order valence-corrected chi connectivity index (χ1v) is 11.8. The molecule has 31 heavy (non-hydrogen) atoms. The fourth-order valence-corrected chi connectivity index (χ4v) is 4.54. The van der Waals surface area contributed by atoms with E-state index in [0.717, 1.165) is 12.8 Å². The van der Waals surface area contributed by atoms with Gasteiger partial charge in [-0.2, -0.15) is 13.5 Å². The molecule has 0 aromatic rings. The number of Topliss-reactive ketones (excluding diaryl/α,β-unsaturated/α-hetero) is 1. The fourth-order valence-electron chi connectivity index (χ4n) is 4.54. The van der Waals surface area contributed by atoms with Gasteiger partial charge in [0.1, 0.15) is 5.78 Å². The van der Waals surface area contributed by atoms with Crippen LogP contribution in [0.3, 0.4) is 0 Å². The molecule has 4 saturated carbocycles. The number of rotatable bonds is 2. The van der Waals surface area contributed by atoms with Crippen molar-refractivity contribution in [3.05, 3.63) is 0 Å². The third-order valence-corrected chi connectivity index (χ3v) is 6.51. The number of hydrogen-bond acceptors (Lipinski definition) is 2. The van der Waals surface area contributed by atoms with Crippen LogP contribution in [-0.2, 0) is 38.9 Å². The standard InChI is InChI=1S/C7H14O.C7H12O.2C5H10.2CH4.2Fe.H2S/c2*1-6(8)7-4-2-3-5-7;2*1-2-4-5-3-1;;;;;/h6-8H,2-5H2,1H3;7H,2-5H2,1H3;2*1-5H2;2*1H4;;;1H2/t6-;;;;;;;;/m0......../s1. The average Bonchev–Trinajstić information content (AvgIpc) is 3.49. The Morgan fingerprint density at radius 3 is 1.06 bits per heavy atom. The van der Waals surface area contributed by atoms with E-state index in [4.69, 9.17) is 5.11 Å². The fraction of sp³-hybridized carbons (Fsp3) is 0.962. The van der Waals surface area contributed by atoms with E-state index in [2.05, 4.69) is 0 Å². The molecular weight excluding hydrogens is 488 g/mol. The first-order valence-electron chi connectivity index (χ1n) is 11.8. The third kappa shape index (κ3) is 24.0. The molecule has 0 heterocycles. The van der Waals surface area contributed by atoms with Crippen molar-refractivity contribution in [3.8, 4) is 0 Å². The monoisotopic (exact) mass is 544 g/mol. The van der Waals surface area contributed by atoms with Gasteiger partial charge in [-0.15, -0.1) is 0 Å². The Labute approximate surface area is 224 Å². The van der Waals surface area contributed by atoms with Crippen LogP contribution in [0.25, 0.3) is 0 Å². The maximum absolute atomic E-state index is 10.6. The second-order valence-electron chi connectivity index (χ2n) is 8.91. The van der Waals surface area contributed by atoms with Crippen molar-refractivity contribution in [1.29, 1.82) is 0 Å². The second kappa shape index (κ2) is 29.1. The zero-order chi connectivity index (χ0) is 19.0. The van der Waals surface area contributed by atoms with Gasteiger partial charge in [0.15, 0.2) is 0 Å². The van der Waals surface area contributed by atoms with E-state index in [1.807, 2.05) is 6.92 Å². The van der Waals surface area contributed by atoms with E-state index in [1.54, 1.807) is 6.92 Å². The maximum Gasteiger partial charge on any atom is 0.132 e. The quantitative estimate of drug-likeness (QED) is 0.354. The van der Waals surface area contributed by atoms with E-state index in [1.165, 1.54) is 103 Å². The van der Waals surface area contributed by atoms with Gasteiger partial charge in [-0.3, -0.25) is 4.79 Å². The molecule has 4 aliphatic rings. The molecule has 1 atom stereocenters.